The van der Waals surface area contributed by atoms with Gasteiger partial charge in [-0.1, -0.05) is 13.8 Å². The Morgan fingerprint density at radius 3 is 2.92 bits per heavy atom. The average molecular weight is 186 g/mol. The van der Waals surface area contributed by atoms with Crippen molar-refractivity contribution in [1.29, 1.82) is 0 Å². The first-order chi connectivity index (χ1) is 6.22. The Labute approximate surface area is 81.1 Å². The highest BCUT2D eigenvalue weighted by molar-refractivity contribution is 4.76. The van der Waals surface area contributed by atoms with Gasteiger partial charge in [0, 0.05) is 19.6 Å². The summed E-state index contributed by atoms with van der Waals surface area (Å²) in [6, 6.07) is 0. The van der Waals surface area contributed by atoms with Crippen molar-refractivity contribution < 1.29 is 5.11 Å². The number of hydrogen-bond acceptors (Lipinski definition) is 3. The van der Waals surface area contributed by atoms with Crippen molar-refractivity contribution in [1.82, 2.24) is 10.2 Å². The number of nitrogens with one attached hydrogen (secondary N) is 1. The summed E-state index contributed by atoms with van der Waals surface area (Å²) in [7, 11) is 0. The van der Waals surface area contributed by atoms with Crippen molar-refractivity contribution in [3.63, 3.8) is 0 Å². The Hall–Kier alpha value is -0.120. The first kappa shape index (κ1) is 11.0. The second kappa shape index (κ2) is 5.58. The van der Waals surface area contributed by atoms with Gasteiger partial charge < -0.3 is 15.3 Å². The molecule has 1 saturated heterocycles. The van der Waals surface area contributed by atoms with E-state index >= 15 is 0 Å². The largest absolute Gasteiger partial charge is 0.392 e. The summed E-state index contributed by atoms with van der Waals surface area (Å²) < 4.78 is 0. The monoisotopic (exact) mass is 186 g/mol. The fourth-order valence-corrected chi connectivity index (χ4v) is 1.87. The molecule has 0 saturated carbocycles. The van der Waals surface area contributed by atoms with Crippen molar-refractivity contribution in [2.24, 2.45) is 5.92 Å². The molecule has 0 aromatic heterocycles. The summed E-state index contributed by atoms with van der Waals surface area (Å²) in [6.45, 7) is 9.58. The molecule has 0 aromatic carbocycles. The van der Waals surface area contributed by atoms with Gasteiger partial charge in [-0.3, -0.25) is 0 Å². The molecule has 1 aliphatic rings. The summed E-state index contributed by atoms with van der Waals surface area (Å²) >= 11 is 0. The first-order valence-electron chi connectivity index (χ1n) is 5.33. The van der Waals surface area contributed by atoms with Crippen LogP contribution < -0.4 is 5.32 Å². The van der Waals surface area contributed by atoms with Crippen LogP contribution in [0, 0.1) is 5.92 Å². The first-order valence-corrected chi connectivity index (χ1v) is 5.33. The van der Waals surface area contributed by atoms with E-state index in [1.165, 1.54) is 0 Å². The number of likely N-dealkylation sites (tertiary alicyclic amines) is 1. The molecular formula is C10H22N2O. The van der Waals surface area contributed by atoms with Crippen LogP contribution in [0.25, 0.3) is 0 Å². The third-order valence-corrected chi connectivity index (χ3v) is 2.56. The molecule has 3 nitrogen and oxygen atoms in total. The fraction of sp³-hybridized carbons (Fsp3) is 1.00. The van der Waals surface area contributed by atoms with E-state index in [1.54, 1.807) is 0 Å². The molecule has 2 unspecified atom stereocenters. The van der Waals surface area contributed by atoms with Gasteiger partial charge in [-0.25, -0.2) is 0 Å². The zero-order chi connectivity index (χ0) is 9.68. The molecule has 2 atom stereocenters. The molecule has 2 N–H and O–H groups in total. The van der Waals surface area contributed by atoms with Crippen molar-refractivity contribution >= 4 is 0 Å². The predicted molar refractivity (Wildman–Crippen MR) is 54.8 cm³/mol. The minimum atomic E-state index is -0.0775. The van der Waals surface area contributed by atoms with Crippen LogP contribution in [-0.2, 0) is 0 Å². The number of aliphatic hydroxyl groups is 1. The van der Waals surface area contributed by atoms with Gasteiger partial charge >= 0.3 is 0 Å². The van der Waals surface area contributed by atoms with Crippen LogP contribution in [0.4, 0.5) is 0 Å². The Morgan fingerprint density at radius 2 is 2.38 bits per heavy atom. The third-order valence-electron chi connectivity index (χ3n) is 2.56. The van der Waals surface area contributed by atoms with Gasteiger partial charge in [0.2, 0.25) is 0 Å². The maximum atomic E-state index is 9.33. The zero-order valence-corrected chi connectivity index (χ0v) is 8.79. The van der Waals surface area contributed by atoms with Crippen LogP contribution in [-0.4, -0.2) is 48.8 Å². The second-order valence-corrected chi connectivity index (χ2v) is 4.11. The van der Waals surface area contributed by atoms with Crippen LogP contribution in [0.1, 0.15) is 20.3 Å². The molecule has 0 bridgehead atoms. The topological polar surface area (TPSA) is 35.5 Å². The standard InChI is InChI=1S/C10H22N2O/c1-3-11-6-9(2)7-12-5-4-10(13)8-12/h9-11,13H,3-8H2,1-2H3. The summed E-state index contributed by atoms with van der Waals surface area (Å²) in [5, 5.41) is 12.7. The molecule has 1 heterocycles. The molecule has 0 aliphatic carbocycles. The lowest BCUT2D eigenvalue weighted by molar-refractivity contribution is 0.171. The predicted octanol–water partition coefficient (Wildman–Crippen LogP) is 0.299. The Balaban J connectivity index is 2.09. The van der Waals surface area contributed by atoms with Crippen molar-refractivity contribution in [2.75, 3.05) is 32.7 Å². The lowest BCUT2D eigenvalue weighted by Gasteiger charge is -2.20. The lowest BCUT2D eigenvalue weighted by atomic mass is 10.1. The molecule has 78 valence electrons. The number of nitrogens with zero attached hydrogens (tertiary/aromatic N) is 1. The number of hydrogen-bond donors (Lipinski definition) is 2. The van der Waals surface area contributed by atoms with E-state index in [1.807, 2.05) is 0 Å². The highest BCUT2D eigenvalue weighted by atomic mass is 16.3. The van der Waals surface area contributed by atoms with Crippen LogP contribution in [0.5, 0.6) is 0 Å². The van der Waals surface area contributed by atoms with Crippen LogP contribution in [0.2, 0.25) is 0 Å². The van der Waals surface area contributed by atoms with Crippen molar-refractivity contribution in [2.45, 2.75) is 26.4 Å². The van der Waals surface area contributed by atoms with Gasteiger partial charge in [-0.05, 0) is 25.4 Å². The summed E-state index contributed by atoms with van der Waals surface area (Å²) in [5.41, 5.74) is 0. The van der Waals surface area contributed by atoms with E-state index in [-0.39, 0.29) is 6.10 Å². The van der Waals surface area contributed by atoms with E-state index in [0.717, 1.165) is 39.1 Å². The van der Waals surface area contributed by atoms with E-state index < -0.39 is 0 Å². The lowest BCUT2D eigenvalue weighted by Crippen LogP contribution is -2.32. The third kappa shape index (κ3) is 4.07. The molecule has 3 heteroatoms. The highest BCUT2D eigenvalue weighted by Crippen LogP contribution is 2.10. The van der Waals surface area contributed by atoms with Crippen molar-refractivity contribution in [3.05, 3.63) is 0 Å². The summed E-state index contributed by atoms with van der Waals surface area (Å²) in [5.74, 6) is 0.685. The maximum absolute atomic E-state index is 9.33. The normalized spacial score (nSPS) is 26.5. The maximum Gasteiger partial charge on any atom is 0.0679 e. The fourth-order valence-electron chi connectivity index (χ4n) is 1.87. The Kier molecular flexibility index (Phi) is 4.70. The molecule has 0 spiro atoms. The molecule has 1 aliphatic heterocycles. The number of aliphatic hydroxyl groups excluding tert-OH is 1. The van der Waals surface area contributed by atoms with Gasteiger partial charge in [0.05, 0.1) is 6.10 Å². The average Bonchev–Trinajstić information content (AvgIpc) is 2.48. The van der Waals surface area contributed by atoms with E-state index in [2.05, 4.69) is 24.1 Å². The summed E-state index contributed by atoms with van der Waals surface area (Å²) in [6.07, 6.45) is 0.875. The molecular weight excluding hydrogens is 164 g/mol. The van der Waals surface area contributed by atoms with Gasteiger partial charge in [0.15, 0.2) is 0 Å². The van der Waals surface area contributed by atoms with Crippen molar-refractivity contribution in [3.8, 4) is 0 Å². The van der Waals surface area contributed by atoms with E-state index in [4.69, 9.17) is 0 Å². The van der Waals surface area contributed by atoms with Gasteiger partial charge in [0.1, 0.15) is 0 Å². The molecule has 1 rings (SSSR count). The smallest absolute Gasteiger partial charge is 0.0679 e. The molecule has 0 radical (unpaired) electrons. The molecule has 0 aromatic rings. The Bertz CT molecular complexity index is 141. The minimum Gasteiger partial charge on any atom is -0.392 e. The van der Waals surface area contributed by atoms with E-state index in [0.29, 0.717) is 5.92 Å². The van der Waals surface area contributed by atoms with Crippen LogP contribution >= 0.6 is 0 Å². The molecule has 1 fully saturated rings. The molecule has 0 amide bonds. The van der Waals surface area contributed by atoms with Gasteiger partial charge in [-0.2, -0.15) is 0 Å². The highest BCUT2D eigenvalue weighted by Gasteiger charge is 2.20. The van der Waals surface area contributed by atoms with Gasteiger partial charge in [-0.15, -0.1) is 0 Å². The molecule has 13 heavy (non-hydrogen) atoms. The van der Waals surface area contributed by atoms with Crippen LogP contribution in [0.3, 0.4) is 0 Å². The van der Waals surface area contributed by atoms with E-state index in [9.17, 15) is 5.11 Å². The quantitative estimate of drug-likeness (QED) is 0.648. The summed E-state index contributed by atoms with van der Waals surface area (Å²) in [4.78, 5) is 2.35. The van der Waals surface area contributed by atoms with Gasteiger partial charge in [0.25, 0.3) is 0 Å². The Morgan fingerprint density at radius 1 is 1.62 bits per heavy atom. The minimum absolute atomic E-state index is 0.0775. The zero-order valence-electron chi connectivity index (χ0n) is 8.79. The second-order valence-electron chi connectivity index (χ2n) is 4.11. The number of β-amino-alcohol motifs (C(OH)–C–C–N with tert-alkyl or cyclic N) is 1. The van der Waals surface area contributed by atoms with Crippen LogP contribution in [0.15, 0.2) is 0 Å². The SMILES string of the molecule is CCNCC(C)CN1CCC(O)C1. The number of rotatable bonds is 5.